The lowest BCUT2D eigenvalue weighted by Crippen LogP contribution is -2.37. The summed E-state index contributed by atoms with van der Waals surface area (Å²) < 4.78 is 54.1. The molecule has 38 heavy (non-hydrogen) atoms. The number of alkyl halides is 2. The summed E-state index contributed by atoms with van der Waals surface area (Å²) in [5.41, 5.74) is 1.99. The quantitative estimate of drug-likeness (QED) is 0.499. The monoisotopic (exact) mass is 543 g/mol. The summed E-state index contributed by atoms with van der Waals surface area (Å²) >= 11 is 0. The van der Waals surface area contributed by atoms with Gasteiger partial charge in [0, 0.05) is 32.1 Å². The van der Waals surface area contributed by atoms with Gasteiger partial charge in [0.2, 0.25) is 0 Å². The van der Waals surface area contributed by atoms with Crippen LogP contribution in [0, 0.1) is 5.41 Å². The van der Waals surface area contributed by atoms with Crippen LogP contribution in [0.15, 0.2) is 29.4 Å². The smallest absolute Gasteiger partial charge is 0.260 e. The second-order valence-electron chi connectivity index (χ2n) is 11.2. The molecule has 1 aliphatic heterocycles. The Bertz CT molecular complexity index is 1550. The van der Waals surface area contributed by atoms with E-state index in [4.69, 9.17) is 0 Å². The van der Waals surface area contributed by atoms with E-state index >= 15 is 0 Å². The molecular weight excluding hydrogens is 516 g/mol. The number of hydrogen-bond acceptors (Lipinski definition) is 8. The van der Waals surface area contributed by atoms with Crippen LogP contribution < -0.4 is 10.2 Å². The van der Waals surface area contributed by atoms with Crippen molar-refractivity contribution in [1.29, 1.82) is 0 Å². The summed E-state index contributed by atoms with van der Waals surface area (Å²) in [5, 5.41) is 10.4. The zero-order valence-corrected chi connectivity index (χ0v) is 21.4. The largest absolute Gasteiger partial charge is 0.371 e. The number of carbonyl (C=O) groups is 1. The molecule has 1 N–H and O–H groups in total. The number of hydrogen-bond donors (Lipinski definition) is 1. The van der Waals surface area contributed by atoms with Gasteiger partial charge in [-0.15, -0.1) is 5.10 Å². The fraction of sp³-hybridized carbons (Fsp3) is 0.560. The highest BCUT2D eigenvalue weighted by Crippen LogP contribution is 2.54. The van der Waals surface area contributed by atoms with Crippen molar-refractivity contribution in [1.82, 2.24) is 25.0 Å². The van der Waals surface area contributed by atoms with Gasteiger partial charge in [-0.3, -0.25) is 4.79 Å². The third kappa shape index (κ3) is 4.11. The summed E-state index contributed by atoms with van der Waals surface area (Å²) in [7, 11) is -3.53. The molecule has 3 aliphatic carbocycles. The molecule has 1 saturated heterocycles. The van der Waals surface area contributed by atoms with Gasteiger partial charge >= 0.3 is 0 Å². The third-order valence-corrected chi connectivity index (χ3v) is 10.6. The minimum absolute atomic E-state index is 0.00470. The second-order valence-corrected chi connectivity index (χ2v) is 13.4. The molecule has 4 fully saturated rings. The molecule has 0 unspecified atom stereocenters. The first-order valence-corrected chi connectivity index (χ1v) is 14.6. The minimum Gasteiger partial charge on any atom is -0.371 e. The van der Waals surface area contributed by atoms with Crippen LogP contribution in [-0.4, -0.2) is 63.5 Å². The number of fused-ring (bicyclic) bond motifs is 1. The Morgan fingerprint density at radius 3 is 2.47 bits per heavy atom. The summed E-state index contributed by atoms with van der Waals surface area (Å²) in [6.07, 6.45) is 6.42. The highest BCUT2D eigenvalue weighted by atomic mass is 32.2. The van der Waals surface area contributed by atoms with Crippen molar-refractivity contribution in [2.45, 2.75) is 73.6 Å². The van der Waals surface area contributed by atoms with E-state index < -0.39 is 33.0 Å². The van der Waals surface area contributed by atoms with Crippen molar-refractivity contribution >= 4 is 38.4 Å². The molecule has 3 aromatic rings. The maximum Gasteiger partial charge on any atom is 0.260 e. The summed E-state index contributed by atoms with van der Waals surface area (Å²) in [6.45, 7) is 1.49. The molecular formula is C25H27F2N7O3S. The number of aromatic nitrogens is 5. The van der Waals surface area contributed by atoms with Gasteiger partial charge in [-0.05, 0) is 62.1 Å². The molecule has 0 atom stereocenters. The van der Waals surface area contributed by atoms with Crippen molar-refractivity contribution in [3.63, 3.8) is 0 Å². The maximum atomic E-state index is 13.5. The van der Waals surface area contributed by atoms with Gasteiger partial charge in [-0.25, -0.2) is 31.8 Å². The molecule has 3 aromatic heterocycles. The van der Waals surface area contributed by atoms with E-state index in [1.54, 1.807) is 18.2 Å². The summed E-state index contributed by atoms with van der Waals surface area (Å²) in [4.78, 5) is 24.2. The van der Waals surface area contributed by atoms with Crippen LogP contribution in [0.3, 0.4) is 0 Å². The topological polar surface area (TPSA) is 123 Å². The standard InChI is InChI=1S/C25H27F2N7O3S/c26-25(27)12-15(13-25)34-22-18(31-32-34)3-4-20(29-22)30-23(35)17-14-28-21(38(36,37)16-1-2-16)11-19(17)33-9-7-24(5-6-24)8-10-33/h3-4,11,14-16H,1-2,5-10,12-13H2,(H,29,30,35). The fourth-order valence-corrected chi connectivity index (χ4v) is 7.17. The lowest BCUT2D eigenvalue weighted by molar-refractivity contribution is -0.106. The van der Waals surface area contributed by atoms with E-state index in [1.165, 1.54) is 23.7 Å². The van der Waals surface area contributed by atoms with Crippen molar-refractivity contribution in [3.05, 3.63) is 30.0 Å². The first-order valence-electron chi connectivity index (χ1n) is 13.0. The van der Waals surface area contributed by atoms with Crippen molar-refractivity contribution in [3.8, 4) is 0 Å². The van der Waals surface area contributed by atoms with Gasteiger partial charge < -0.3 is 10.2 Å². The van der Waals surface area contributed by atoms with Crippen molar-refractivity contribution in [2.24, 2.45) is 5.41 Å². The molecule has 0 aromatic carbocycles. The van der Waals surface area contributed by atoms with E-state index in [0.717, 1.165) is 25.9 Å². The molecule has 1 spiro atoms. The normalized spacial score (nSPS) is 22.4. The Balaban J connectivity index is 1.18. The van der Waals surface area contributed by atoms with Gasteiger partial charge in [-0.2, -0.15) is 0 Å². The van der Waals surface area contributed by atoms with Crippen LogP contribution in [0.1, 0.15) is 67.8 Å². The SMILES string of the molecule is O=C(Nc1ccc2nnn(C3CC(F)(F)C3)c2n1)c1cnc(S(=O)(=O)C2CC2)cc1N1CCC2(CC1)CC2. The zero-order valence-electron chi connectivity index (χ0n) is 20.6. The average Bonchev–Trinajstić information content (AvgIpc) is 3.81. The zero-order chi connectivity index (χ0) is 26.3. The van der Waals surface area contributed by atoms with Crippen molar-refractivity contribution < 1.29 is 22.0 Å². The summed E-state index contributed by atoms with van der Waals surface area (Å²) in [5.74, 6) is -2.98. The molecule has 200 valence electrons. The Morgan fingerprint density at radius 2 is 1.82 bits per heavy atom. The number of piperidine rings is 1. The first-order chi connectivity index (χ1) is 18.1. The molecule has 13 heteroatoms. The fourth-order valence-electron chi connectivity index (χ4n) is 5.59. The Hall–Kier alpha value is -3.22. The molecule has 0 radical (unpaired) electrons. The van der Waals surface area contributed by atoms with Gasteiger partial charge in [-0.1, -0.05) is 5.21 Å². The minimum atomic E-state index is -3.53. The van der Waals surface area contributed by atoms with E-state index in [0.29, 0.717) is 35.1 Å². The predicted octanol–water partition coefficient (Wildman–Crippen LogP) is 3.76. The number of amides is 1. The first kappa shape index (κ1) is 23.9. The lowest BCUT2D eigenvalue weighted by atomic mass is 9.88. The highest BCUT2D eigenvalue weighted by Gasteiger charge is 2.48. The average molecular weight is 544 g/mol. The lowest BCUT2D eigenvalue weighted by Gasteiger charge is -2.35. The number of sulfone groups is 1. The van der Waals surface area contributed by atoms with Gasteiger partial charge in [0.25, 0.3) is 11.8 Å². The molecule has 4 aliphatic rings. The van der Waals surface area contributed by atoms with Crippen LogP contribution in [-0.2, 0) is 9.84 Å². The van der Waals surface area contributed by atoms with E-state index in [2.05, 4.69) is 30.5 Å². The molecule has 7 rings (SSSR count). The van der Waals surface area contributed by atoms with Crippen LogP contribution >= 0.6 is 0 Å². The Morgan fingerprint density at radius 1 is 1.08 bits per heavy atom. The summed E-state index contributed by atoms with van der Waals surface area (Å²) in [6, 6.07) is 4.24. The number of nitrogens with zero attached hydrogens (tertiary/aromatic N) is 6. The van der Waals surface area contributed by atoms with Gasteiger partial charge in [0.05, 0.1) is 22.5 Å². The maximum absolute atomic E-state index is 13.5. The van der Waals surface area contributed by atoms with Crippen LogP contribution in [0.5, 0.6) is 0 Å². The Kier molecular flexibility index (Phi) is 5.11. The van der Waals surface area contributed by atoms with Crippen molar-refractivity contribution in [2.75, 3.05) is 23.3 Å². The molecule has 4 heterocycles. The van der Waals surface area contributed by atoms with E-state index in [9.17, 15) is 22.0 Å². The number of rotatable bonds is 6. The number of pyridine rings is 2. The number of nitrogens with one attached hydrogen (secondary N) is 1. The predicted molar refractivity (Wildman–Crippen MR) is 134 cm³/mol. The van der Waals surface area contributed by atoms with Gasteiger partial charge in [0.1, 0.15) is 11.3 Å². The van der Waals surface area contributed by atoms with E-state index in [-0.39, 0.29) is 29.2 Å². The number of anilines is 2. The molecule has 3 saturated carbocycles. The van der Waals surface area contributed by atoms with Crippen LogP contribution in [0.4, 0.5) is 20.3 Å². The Labute approximate surface area is 217 Å². The second kappa shape index (κ2) is 8.14. The third-order valence-electron chi connectivity index (χ3n) is 8.45. The van der Waals surface area contributed by atoms with E-state index in [1.807, 2.05) is 0 Å². The van der Waals surface area contributed by atoms with Crippen LogP contribution in [0.25, 0.3) is 11.2 Å². The molecule has 0 bridgehead atoms. The highest BCUT2D eigenvalue weighted by molar-refractivity contribution is 7.92. The molecule has 1 amide bonds. The van der Waals surface area contributed by atoms with Crippen LogP contribution in [0.2, 0.25) is 0 Å². The van der Waals surface area contributed by atoms with Gasteiger partial charge in [0.15, 0.2) is 20.5 Å². The number of carbonyl (C=O) groups excluding carboxylic acids is 1. The number of halogens is 2. The molecule has 10 nitrogen and oxygen atoms in total.